The first kappa shape index (κ1) is 29.1. The van der Waals surface area contributed by atoms with Crippen LogP contribution in [0.4, 0.5) is 35.1 Å². The fraction of sp³-hybridized carbons (Fsp3) is 0.296. The van der Waals surface area contributed by atoms with Gasteiger partial charge in [-0.2, -0.15) is 13.2 Å². The van der Waals surface area contributed by atoms with Crippen LogP contribution in [0.15, 0.2) is 60.7 Å². The standard InChI is InChI=1S/C27H22F8O3/c1-3-16(14-15-10-6-4-7-11-15)24(18-19(28)21(30)23(32)22(31)20(18)29)38-25(36)26(37-2,27(33,34)35)17-12-8-5-9-13-17/h4-13,16,24H,3,14H2,1-2H3. The molecule has 0 aliphatic heterocycles. The quantitative estimate of drug-likeness (QED) is 0.122. The molecule has 0 saturated carbocycles. The number of rotatable bonds is 9. The molecule has 0 amide bonds. The molecule has 0 aromatic heterocycles. The summed E-state index contributed by atoms with van der Waals surface area (Å²) in [6, 6.07) is 13.6. The summed E-state index contributed by atoms with van der Waals surface area (Å²) in [7, 11) is 0.580. The molecule has 11 heteroatoms. The SMILES string of the molecule is CCC(Cc1ccccc1)C(OC(=O)C(OC)(c1ccccc1)C(F)(F)F)c1c(F)c(F)c(F)c(F)c1F. The predicted molar refractivity (Wildman–Crippen MR) is 120 cm³/mol. The van der Waals surface area contributed by atoms with Crippen molar-refractivity contribution < 1.29 is 49.4 Å². The van der Waals surface area contributed by atoms with Crippen molar-refractivity contribution in [3.8, 4) is 0 Å². The molecular formula is C27H22F8O3. The lowest BCUT2D eigenvalue weighted by Gasteiger charge is -2.35. The van der Waals surface area contributed by atoms with Crippen LogP contribution in [0.5, 0.6) is 0 Å². The van der Waals surface area contributed by atoms with E-state index in [-0.39, 0.29) is 12.8 Å². The zero-order chi connectivity index (χ0) is 28.3. The second-order valence-electron chi connectivity index (χ2n) is 8.42. The van der Waals surface area contributed by atoms with Gasteiger partial charge in [-0.15, -0.1) is 0 Å². The van der Waals surface area contributed by atoms with E-state index in [2.05, 4.69) is 4.74 Å². The number of hydrogen-bond acceptors (Lipinski definition) is 3. The maximum absolute atomic E-state index is 14.9. The molecule has 204 valence electrons. The van der Waals surface area contributed by atoms with Crippen molar-refractivity contribution in [3.63, 3.8) is 0 Å². The van der Waals surface area contributed by atoms with Crippen LogP contribution in [0.1, 0.15) is 36.1 Å². The highest BCUT2D eigenvalue weighted by Gasteiger charge is 2.64. The Kier molecular flexibility index (Phi) is 8.81. The predicted octanol–water partition coefficient (Wildman–Crippen LogP) is 7.34. The first-order valence-electron chi connectivity index (χ1n) is 11.3. The average molecular weight is 546 g/mol. The highest BCUT2D eigenvalue weighted by atomic mass is 19.4. The number of ether oxygens (including phenoxy) is 2. The van der Waals surface area contributed by atoms with Crippen molar-refractivity contribution in [1.82, 2.24) is 0 Å². The molecule has 0 radical (unpaired) electrons. The van der Waals surface area contributed by atoms with Gasteiger partial charge in [-0.05, 0) is 18.4 Å². The van der Waals surface area contributed by atoms with Crippen molar-refractivity contribution in [1.29, 1.82) is 0 Å². The summed E-state index contributed by atoms with van der Waals surface area (Å²) in [5, 5.41) is 0. The Morgan fingerprint density at radius 3 is 1.71 bits per heavy atom. The largest absolute Gasteiger partial charge is 0.454 e. The molecule has 0 aliphatic carbocycles. The minimum absolute atomic E-state index is 0.0797. The van der Waals surface area contributed by atoms with Crippen molar-refractivity contribution >= 4 is 5.97 Å². The van der Waals surface area contributed by atoms with E-state index in [9.17, 15) is 39.9 Å². The summed E-state index contributed by atoms with van der Waals surface area (Å²) in [4.78, 5) is 13.3. The monoisotopic (exact) mass is 546 g/mol. The lowest BCUT2D eigenvalue weighted by Crippen LogP contribution is -2.52. The van der Waals surface area contributed by atoms with E-state index in [4.69, 9.17) is 4.74 Å². The number of alkyl halides is 3. The summed E-state index contributed by atoms with van der Waals surface area (Å²) in [5.74, 6) is -15.1. The van der Waals surface area contributed by atoms with Gasteiger partial charge in [0, 0.05) is 18.6 Å². The van der Waals surface area contributed by atoms with Crippen LogP contribution in [0.25, 0.3) is 0 Å². The molecule has 0 bridgehead atoms. The molecule has 3 atom stereocenters. The maximum atomic E-state index is 14.9. The summed E-state index contributed by atoms with van der Waals surface area (Å²) >= 11 is 0. The maximum Gasteiger partial charge on any atom is 0.432 e. The van der Waals surface area contributed by atoms with Crippen LogP contribution in [0.2, 0.25) is 0 Å². The lowest BCUT2D eigenvalue weighted by atomic mass is 9.86. The molecule has 38 heavy (non-hydrogen) atoms. The molecule has 0 aliphatic rings. The van der Waals surface area contributed by atoms with E-state index >= 15 is 0 Å². The Morgan fingerprint density at radius 2 is 1.26 bits per heavy atom. The Hall–Kier alpha value is -3.47. The Bertz CT molecular complexity index is 1240. The second-order valence-corrected chi connectivity index (χ2v) is 8.42. The highest BCUT2D eigenvalue weighted by molar-refractivity contribution is 5.83. The lowest BCUT2D eigenvalue weighted by molar-refractivity contribution is -0.279. The Balaban J connectivity index is 2.22. The normalized spacial score (nSPS) is 15.0. The molecule has 3 aromatic carbocycles. The third-order valence-corrected chi connectivity index (χ3v) is 6.23. The third kappa shape index (κ3) is 5.24. The minimum Gasteiger partial charge on any atom is -0.454 e. The van der Waals surface area contributed by atoms with Gasteiger partial charge in [0.15, 0.2) is 23.3 Å². The van der Waals surface area contributed by atoms with E-state index in [1.807, 2.05) is 0 Å². The van der Waals surface area contributed by atoms with Gasteiger partial charge in [0.05, 0.1) is 5.56 Å². The summed E-state index contributed by atoms with van der Waals surface area (Å²) in [6.07, 6.45) is -7.96. The fourth-order valence-electron chi connectivity index (χ4n) is 4.23. The first-order valence-corrected chi connectivity index (χ1v) is 11.3. The van der Waals surface area contributed by atoms with Crippen molar-refractivity contribution in [2.24, 2.45) is 5.92 Å². The molecule has 3 nitrogen and oxygen atoms in total. The van der Waals surface area contributed by atoms with Gasteiger partial charge < -0.3 is 9.47 Å². The van der Waals surface area contributed by atoms with Gasteiger partial charge in [-0.25, -0.2) is 26.7 Å². The molecule has 0 saturated heterocycles. The van der Waals surface area contributed by atoms with Gasteiger partial charge in [-0.1, -0.05) is 67.6 Å². The number of carbonyl (C=O) groups excluding carboxylic acids is 1. The van der Waals surface area contributed by atoms with E-state index in [1.165, 1.54) is 25.1 Å². The number of esters is 1. The van der Waals surface area contributed by atoms with Crippen LogP contribution >= 0.6 is 0 Å². The van der Waals surface area contributed by atoms with Gasteiger partial charge in [0.1, 0.15) is 6.10 Å². The topological polar surface area (TPSA) is 35.5 Å². The van der Waals surface area contributed by atoms with Crippen LogP contribution < -0.4 is 0 Å². The van der Waals surface area contributed by atoms with E-state index in [0.717, 1.165) is 12.1 Å². The number of carbonyl (C=O) groups is 1. The van der Waals surface area contributed by atoms with E-state index < -0.39 is 70.0 Å². The summed E-state index contributed by atoms with van der Waals surface area (Å²) in [5.41, 5.74) is -5.52. The van der Waals surface area contributed by atoms with Crippen LogP contribution in [0.3, 0.4) is 0 Å². The number of hydrogen-bond donors (Lipinski definition) is 0. The molecule has 0 fully saturated rings. The third-order valence-electron chi connectivity index (χ3n) is 6.23. The first-order chi connectivity index (χ1) is 17.9. The number of methoxy groups -OCH3 is 1. The van der Waals surface area contributed by atoms with Crippen LogP contribution in [-0.2, 0) is 26.3 Å². The van der Waals surface area contributed by atoms with Gasteiger partial charge in [0.2, 0.25) is 5.82 Å². The molecule has 0 N–H and O–H groups in total. The summed E-state index contributed by atoms with van der Waals surface area (Å²) < 4.78 is 125. The number of halogens is 8. The molecule has 3 aromatic rings. The summed E-state index contributed by atoms with van der Waals surface area (Å²) in [6.45, 7) is 1.46. The van der Waals surface area contributed by atoms with Gasteiger partial charge >= 0.3 is 12.1 Å². The highest BCUT2D eigenvalue weighted by Crippen LogP contribution is 2.46. The molecule has 0 spiro atoms. The zero-order valence-corrected chi connectivity index (χ0v) is 20.1. The van der Waals surface area contributed by atoms with E-state index in [1.54, 1.807) is 30.3 Å². The van der Waals surface area contributed by atoms with Crippen LogP contribution in [0, 0.1) is 35.0 Å². The molecule has 3 unspecified atom stereocenters. The Labute approximate surface area is 213 Å². The van der Waals surface area contributed by atoms with E-state index in [0.29, 0.717) is 12.7 Å². The van der Waals surface area contributed by atoms with Gasteiger partial charge in [0.25, 0.3) is 5.60 Å². The van der Waals surface area contributed by atoms with Crippen molar-refractivity contribution in [2.45, 2.75) is 37.6 Å². The van der Waals surface area contributed by atoms with Crippen molar-refractivity contribution in [2.75, 3.05) is 7.11 Å². The molecule has 3 rings (SSSR count). The average Bonchev–Trinajstić information content (AvgIpc) is 2.90. The smallest absolute Gasteiger partial charge is 0.432 e. The second kappa shape index (κ2) is 11.5. The zero-order valence-electron chi connectivity index (χ0n) is 20.1. The van der Waals surface area contributed by atoms with Crippen LogP contribution in [-0.4, -0.2) is 19.3 Å². The van der Waals surface area contributed by atoms with Crippen molar-refractivity contribution in [3.05, 3.63) is 106 Å². The Morgan fingerprint density at radius 1 is 0.789 bits per heavy atom. The molecule has 0 heterocycles. The number of benzene rings is 3. The molecular weight excluding hydrogens is 524 g/mol. The minimum atomic E-state index is -5.44. The fourth-order valence-corrected chi connectivity index (χ4v) is 4.23. The van der Waals surface area contributed by atoms with Gasteiger partial charge in [-0.3, -0.25) is 0 Å².